The van der Waals surface area contributed by atoms with Gasteiger partial charge in [0.15, 0.2) is 5.96 Å². The lowest BCUT2D eigenvalue weighted by atomic mass is 10.00. The van der Waals surface area contributed by atoms with Gasteiger partial charge in [0.05, 0.1) is 13.1 Å². The zero-order chi connectivity index (χ0) is 17.6. The number of pyridine rings is 1. The summed E-state index contributed by atoms with van der Waals surface area (Å²) in [6, 6.07) is 13.4. The molecule has 1 aromatic carbocycles. The smallest absolute Gasteiger partial charge is 0.250 e. The number of hydrogen-bond acceptors (Lipinski definition) is 2. The topological polar surface area (TPSA) is 63.6 Å². The Labute approximate surface area is 148 Å². The largest absolute Gasteiger partial charge is 0.370 e. The maximum Gasteiger partial charge on any atom is 0.250 e. The molecule has 5 heteroatoms. The third-order valence-corrected chi connectivity index (χ3v) is 4.81. The van der Waals surface area contributed by atoms with E-state index in [1.54, 1.807) is 22.9 Å². The van der Waals surface area contributed by atoms with E-state index < -0.39 is 0 Å². The third-order valence-electron chi connectivity index (χ3n) is 4.81. The average molecular weight is 338 g/mol. The number of benzene rings is 1. The van der Waals surface area contributed by atoms with Gasteiger partial charge in [-0.1, -0.05) is 37.3 Å². The van der Waals surface area contributed by atoms with Crippen molar-refractivity contribution in [2.75, 3.05) is 13.1 Å². The summed E-state index contributed by atoms with van der Waals surface area (Å²) in [7, 11) is 0. The monoisotopic (exact) mass is 338 g/mol. The van der Waals surface area contributed by atoms with Crippen LogP contribution in [0.25, 0.3) is 0 Å². The SMILES string of the molecule is CC1CCN(C(N)=NCc2ccc(Cn3ccccc3=O)cc2)CC1. The van der Waals surface area contributed by atoms with Crippen LogP contribution < -0.4 is 11.3 Å². The molecule has 0 saturated carbocycles. The maximum absolute atomic E-state index is 11.8. The van der Waals surface area contributed by atoms with Gasteiger partial charge in [0.1, 0.15) is 0 Å². The van der Waals surface area contributed by atoms with Gasteiger partial charge in [-0.2, -0.15) is 0 Å². The molecule has 0 radical (unpaired) electrons. The third kappa shape index (κ3) is 4.72. The first-order chi connectivity index (χ1) is 12.1. The van der Waals surface area contributed by atoms with Crippen molar-refractivity contribution in [3.05, 3.63) is 70.1 Å². The molecule has 2 aromatic rings. The van der Waals surface area contributed by atoms with Gasteiger partial charge in [0.2, 0.25) is 0 Å². The molecule has 25 heavy (non-hydrogen) atoms. The Morgan fingerprint density at radius 3 is 2.48 bits per heavy atom. The van der Waals surface area contributed by atoms with Crippen LogP contribution in [0.1, 0.15) is 30.9 Å². The van der Waals surface area contributed by atoms with Crippen LogP contribution in [0.4, 0.5) is 0 Å². The fourth-order valence-electron chi connectivity index (χ4n) is 3.05. The highest BCUT2D eigenvalue weighted by atomic mass is 16.1. The summed E-state index contributed by atoms with van der Waals surface area (Å²) in [6.07, 6.45) is 4.17. The molecule has 1 saturated heterocycles. The van der Waals surface area contributed by atoms with E-state index in [2.05, 4.69) is 28.9 Å². The summed E-state index contributed by atoms with van der Waals surface area (Å²) < 4.78 is 1.70. The molecule has 1 fully saturated rings. The van der Waals surface area contributed by atoms with Crippen molar-refractivity contribution in [3.63, 3.8) is 0 Å². The van der Waals surface area contributed by atoms with Crippen LogP contribution in [-0.4, -0.2) is 28.5 Å². The van der Waals surface area contributed by atoms with Gasteiger partial charge in [0.25, 0.3) is 5.56 Å². The molecule has 3 rings (SSSR count). The molecule has 1 aliphatic rings. The van der Waals surface area contributed by atoms with Crippen molar-refractivity contribution >= 4 is 5.96 Å². The van der Waals surface area contributed by atoms with E-state index in [9.17, 15) is 4.79 Å². The van der Waals surface area contributed by atoms with Gasteiger partial charge >= 0.3 is 0 Å². The lowest BCUT2D eigenvalue weighted by molar-refractivity contribution is 0.277. The molecule has 0 amide bonds. The lowest BCUT2D eigenvalue weighted by Crippen LogP contribution is -2.42. The van der Waals surface area contributed by atoms with Crippen molar-refractivity contribution in [2.45, 2.75) is 32.9 Å². The zero-order valence-electron chi connectivity index (χ0n) is 14.8. The summed E-state index contributed by atoms with van der Waals surface area (Å²) >= 11 is 0. The normalized spacial score (nSPS) is 16.2. The molecule has 1 aromatic heterocycles. The Bertz CT molecular complexity index is 771. The van der Waals surface area contributed by atoms with Crippen molar-refractivity contribution < 1.29 is 0 Å². The first-order valence-corrected chi connectivity index (χ1v) is 8.90. The van der Waals surface area contributed by atoms with E-state index in [-0.39, 0.29) is 5.56 Å². The number of rotatable bonds is 4. The summed E-state index contributed by atoms with van der Waals surface area (Å²) in [5, 5.41) is 0. The summed E-state index contributed by atoms with van der Waals surface area (Å²) in [4.78, 5) is 18.5. The van der Waals surface area contributed by atoms with E-state index in [1.165, 1.54) is 12.8 Å². The Morgan fingerprint density at radius 2 is 1.80 bits per heavy atom. The fourth-order valence-corrected chi connectivity index (χ4v) is 3.05. The van der Waals surface area contributed by atoms with Gasteiger partial charge in [-0.25, -0.2) is 4.99 Å². The standard InChI is InChI=1S/C20H26N4O/c1-16-9-12-23(13-10-16)20(21)22-14-17-5-7-18(8-6-17)15-24-11-3-2-4-19(24)25/h2-8,11,16H,9-10,12-15H2,1H3,(H2,21,22). The van der Waals surface area contributed by atoms with E-state index in [4.69, 9.17) is 5.73 Å². The number of nitrogens with zero attached hydrogens (tertiary/aromatic N) is 3. The number of aliphatic imine (C=N–C) groups is 1. The maximum atomic E-state index is 11.8. The van der Waals surface area contributed by atoms with E-state index >= 15 is 0 Å². The van der Waals surface area contributed by atoms with Crippen LogP contribution in [-0.2, 0) is 13.1 Å². The molecule has 0 spiro atoms. The molecule has 5 nitrogen and oxygen atoms in total. The molecule has 2 heterocycles. The molecular formula is C20H26N4O. The van der Waals surface area contributed by atoms with Gasteiger partial charge < -0.3 is 15.2 Å². The van der Waals surface area contributed by atoms with Crippen LogP contribution >= 0.6 is 0 Å². The van der Waals surface area contributed by atoms with Crippen molar-refractivity contribution in [1.82, 2.24) is 9.47 Å². The van der Waals surface area contributed by atoms with Gasteiger partial charge in [-0.3, -0.25) is 4.79 Å². The molecule has 0 bridgehead atoms. The van der Waals surface area contributed by atoms with Crippen LogP contribution in [0.15, 0.2) is 58.4 Å². The van der Waals surface area contributed by atoms with Gasteiger partial charge in [-0.15, -0.1) is 0 Å². The highest BCUT2D eigenvalue weighted by molar-refractivity contribution is 5.78. The van der Waals surface area contributed by atoms with Crippen LogP contribution in [0.5, 0.6) is 0 Å². The first kappa shape index (κ1) is 17.3. The molecule has 1 aliphatic heterocycles. The number of aromatic nitrogens is 1. The average Bonchev–Trinajstić information content (AvgIpc) is 2.63. The fraction of sp³-hybridized carbons (Fsp3) is 0.400. The highest BCUT2D eigenvalue weighted by Gasteiger charge is 2.16. The number of likely N-dealkylation sites (tertiary alicyclic amines) is 1. The number of nitrogens with two attached hydrogens (primary N) is 1. The Balaban J connectivity index is 1.58. The predicted molar refractivity (Wildman–Crippen MR) is 102 cm³/mol. The number of hydrogen-bond donors (Lipinski definition) is 1. The van der Waals surface area contributed by atoms with Crippen molar-refractivity contribution in [1.29, 1.82) is 0 Å². The quantitative estimate of drug-likeness (QED) is 0.688. The van der Waals surface area contributed by atoms with E-state index in [1.807, 2.05) is 18.2 Å². The first-order valence-electron chi connectivity index (χ1n) is 8.90. The van der Waals surface area contributed by atoms with Crippen LogP contribution in [0.3, 0.4) is 0 Å². The van der Waals surface area contributed by atoms with E-state index in [0.717, 1.165) is 30.1 Å². The van der Waals surface area contributed by atoms with Crippen molar-refractivity contribution in [2.24, 2.45) is 16.6 Å². The second kappa shape index (κ2) is 8.01. The van der Waals surface area contributed by atoms with Gasteiger partial charge in [-0.05, 0) is 36.0 Å². The predicted octanol–water partition coefficient (Wildman–Crippen LogP) is 2.44. The number of guanidine groups is 1. The summed E-state index contributed by atoms with van der Waals surface area (Å²) in [5.74, 6) is 1.43. The second-order valence-corrected chi connectivity index (χ2v) is 6.83. The Kier molecular flexibility index (Phi) is 5.53. The summed E-state index contributed by atoms with van der Waals surface area (Å²) in [5.41, 5.74) is 8.36. The van der Waals surface area contributed by atoms with Gasteiger partial charge in [0, 0.05) is 25.4 Å². The molecule has 0 atom stereocenters. The van der Waals surface area contributed by atoms with Crippen molar-refractivity contribution in [3.8, 4) is 0 Å². The minimum absolute atomic E-state index is 0.0137. The molecule has 132 valence electrons. The highest BCUT2D eigenvalue weighted by Crippen LogP contribution is 2.15. The Hall–Kier alpha value is -2.56. The summed E-state index contributed by atoms with van der Waals surface area (Å²) in [6.45, 7) is 5.46. The van der Waals surface area contributed by atoms with Crippen LogP contribution in [0, 0.1) is 5.92 Å². The second-order valence-electron chi connectivity index (χ2n) is 6.83. The Morgan fingerprint density at radius 1 is 1.12 bits per heavy atom. The number of piperidine rings is 1. The minimum atomic E-state index is 0.0137. The molecule has 2 N–H and O–H groups in total. The molecule has 0 aliphatic carbocycles. The minimum Gasteiger partial charge on any atom is -0.370 e. The van der Waals surface area contributed by atoms with Crippen LogP contribution in [0.2, 0.25) is 0 Å². The molecule has 0 unspecified atom stereocenters. The van der Waals surface area contributed by atoms with E-state index in [0.29, 0.717) is 19.0 Å². The molecular weight excluding hydrogens is 312 g/mol. The zero-order valence-corrected chi connectivity index (χ0v) is 14.8. The lowest BCUT2D eigenvalue weighted by Gasteiger charge is -2.31.